The van der Waals surface area contributed by atoms with Gasteiger partial charge in [-0.1, -0.05) is 26.8 Å². The van der Waals surface area contributed by atoms with Crippen LogP contribution in [-0.4, -0.2) is 18.1 Å². The van der Waals surface area contributed by atoms with E-state index < -0.39 is 0 Å². The van der Waals surface area contributed by atoms with Crippen LogP contribution in [0.5, 0.6) is 0 Å². The zero-order valence-corrected chi connectivity index (χ0v) is 13.4. The minimum absolute atomic E-state index is 0.499. The second-order valence-electron chi connectivity index (χ2n) is 7.40. The Balaban J connectivity index is 1.60. The van der Waals surface area contributed by atoms with Crippen molar-refractivity contribution >= 4 is 0 Å². The van der Waals surface area contributed by atoms with E-state index in [2.05, 4.69) is 37.1 Å². The Bertz CT molecular complexity index is 372. The number of hydrogen-bond donors (Lipinski definition) is 1. The van der Waals surface area contributed by atoms with Crippen LogP contribution in [0.1, 0.15) is 52.0 Å². The summed E-state index contributed by atoms with van der Waals surface area (Å²) in [6, 6.07) is 4.17. The Morgan fingerprint density at radius 2 is 1.95 bits per heavy atom. The predicted molar refractivity (Wildman–Crippen MR) is 85.7 cm³/mol. The van der Waals surface area contributed by atoms with Crippen molar-refractivity contribution in [1.29, 1.82) is 0 Å². The van der Waals surface area contributed by atoms with Crippen LogP contribution in [0.15, 0.2) is 24.5 Å². The molecule has 2 heteroatoms. The number of nitrogens with zero attached hydrogens (tertiary/aromatic N) is 1. The van der Waals surface area contributed by atoms with Crippen molar-refractivity contribution in [2.75, 3.05) is 13.1 Å². The molecule has 1 N–H and O–H groups in total. The molecular formula is C18H30N2. The lowest BCUT2D eigenvalue weighted by molar-refractivity contribution is 0.149. The maximum Gasteiger partial charge on any atom is 0.0300 e. The van der Waals surface area contributed by atoms with E-state index in [-0.39, 0.29) is 0 Å². The van der Waals surface area contributed by atoms with Gasteiger partial charge in [-0.25, -0.2) is 0 Å². The lowest BCUT2D eigenvalue weighted by Gasteiger charge is -2.37. The van der Waals surface area contributed by atoms with Crippen molar-refractivity contribution in [3.63, 3.8) is 0 Å². The van der Waals surface area contributed by atoms with Gasteiger partial charge in [0.2, 0.25) is 0 Å². The molecule has 1 saturated carbocycles. The topological polar surface area (TPSA) is 24.9 Å². The normalized spacial score (nSPS) is 23.8. The van der Waals surface area contributed by atoms with Crippen LogP contribution in [0.3, 0.4) is 0 Å². The molecule has 0 aliphatic heterocycles. The molecule has 0 saturated heterocycles. The summed E-state index contributed by atoms with van der Waals surface area (Å²) in [7, 11) is 0. The molecule has 2 nitrogen and oxygen atoms in total. The standard InChI is InChI=1S/C18H30N2/c1-18(2,3)17-8-6-16(7-9-17)14-20-12-10-15-5-4-11-19-13-15/h4-5,11,13,16-17,20H,6-10,12,14H2,1-3H3. The summed E-state index contributed by atoms with van der Waals surface area (Å²) in [5, 5.41) is 3.63. The molecule has 0 amide bonds. The summed E-state index contributed by atoms with van der Waals surface area (Å²) in [4.78, 5) is 4.16. The number of pyridine rings is 1. The van der Waals surface area contributed by atoms with Crippen LogP contribution in [0, 0.1) is 17.3 Å². The first-order valence-electron chi connectivity index (χ1n) is 8.15. The van der Waals surface area contributed by atoms with Gasteiger partial charge in [-0.2, -0.15) is 0 Å². The Labute approximate surface area is 124 Å². The van der Waals surface area contributed by atoms with Gasteiger partial charge in [0, 0.05) is 12.4 Å². The highest BCUT2D eigenvalue weighted by Crippen LogP contribution is 2.39. The van der Waals surface area contributed by atoms with Crippen LogP contribution < -0.4 is 5.32 Å². The molecule has 0 radical (unpaired) electrons. The summed E-state index contributed by atoms with van der Waals surface area (Å²) in [5.74, 6) is 1.82. The Kier molecular flexibility index (Phi) is 5.59. The van der Waals surface area contributed by atoms with E-state index in [0.717, 1.165) is 24.8 Å². The first kappa shape index (κ1) is 15.5. The monoisotopic (exact) mass is 274 g/mol. The molecule has 0 unspecified atom stereocenters. The van der Waals surface area contributed by atoms with Gasteiger partial charge in [0.05, 0.1) is 0 Å². The minimum Gasteiger partial charge on any atom is -0.316 e. The van der Waals surface area contributed by atoms with Gasteiger partial charge in [0.25, 0.3) is 0 Å². The molecule has 0 atom stereocenters. The molecule has 1 aliphatic rings. The average molecular weight is 274 g/mol. The third-order valence-electron chi connectivity index (χ3n) is 4.82. The van der Waals surface area contributed by atoms with Crippen molar-refractivity contribution in [1.82, 2.24) is 10.3 Å². The van der Waals surface area contributed by atoms with Gasteiger partial charge in [-0.3, -0.25) is 4.98 Å². The summed E-state index contributed by atoms with van der Waals surface area (Å²) in [6.07, 6.45) is 10.5. The molecule has 1 heterocycles. The van der Waals surface area contributed by atoms with E-state index in [1.807, 2.05) is 18.5 Å². The molecule has 1 aromatic heterocycles. The zero-order chi connectivity index (χ0) is 14.4. The van der Waals surface area contributed by atoms with E-state index in [1.165, 1.54) is 37.8 Å². The zero-order valence-electron chi connectivity index (χ0n) is 13.4. The Morgan fingerprint density at radius 1 is 1.20 bits per heavy atom. The molecule has 1 fully saturated rings. The summed E-state index contributed by atoms with van der Waals surface area (Å²) in [6.45, 7) is 9.44. The van der Waals surface area contributed by atoms with Crippen LogP contribution in [0.25, 0.3) is 0 Å². The van der Waals surface area contributed by atoms with E-state index in [1.54, 1.807) is 0 Å². The first-order valence-corrected chi connectivity index (χ1v) is 8.15. The fraction of sp³-hybridized carbons (Fsp3) is 0.722. The largest absolute Gasteiger partial charge is 0.316 e. The third-order valence-corrected chi connectivity index (χ3v) is 4.82. The van der Waals surface area contributed by atoms with Crippen molar-refractivity contribution in [2.45, 2.75) is 52.9 Å². The van der Waals surface area contributed by atoms with E-state index in [4.69, 9.17) is 0 Å². The highest BCUT2D eigenvalue weighted by Gasteiger charge is 2.29. The van der Waals surface area contributed by atoms with Crippen molar-refractivity contribution in [2.24, 2.45) is 17.3 Å². The Hall–Kier alpha value is -0.890. The molecule has 0 bridgehead atoms. The maximum atomic E-state index is 4.16. The van der Waals surface area contributed by atoms with Crippen LogP contribution >= 0.6 is 0 Å². The highest BCUT2D eigenvalue weighted by atomic mass is 14.9. The smallest absolute Gasteiger partial charge is 0.0300 e. The van der Waals surface area contributed by atoms with Gasteiger partial charge < -0.3 is 5.32 Å². The average Bonchev–Trinajstić information content (AvgIpc) is 2.44. The fourth-order valence-electron chi connectivity index (χ4n) is 3.32. The first-order chi connectivity index (χ1) is 9.55. The number of rotatable bonds is 5. The quantitative estimate of drug-likeness (QED) is 0.819. The second kappa shape index (κ2) is 7.21. The van der Waals surface area contributed by atoms with Crippen molar-refractivity contribution in [3.05, 3.63) is 30.1 Å². The van der Waals surface area contributed by atoms with E-state index >= 15 is 0 Å². The van der Waals surface area contributed by atoms with Gasteiger partial charge in [-0.15, -0.1) is 0 Å². The number of aromatic nitrogens is 1. The summed E-state index contributed by atoms with van der Waals surface area (Å²) in [5.41, 5.74) is 1.83. The molecule has 0 spiro atoms. The number of hydrogen-bond acceptors (Lipinski definition) is 2. The predicted octanol–water partition coefficient (Wildman–Crippen LogP) is 4.07. The molecular weight excluding hydrogens is 244 g/mol. The van der Waals surface area contributed by atoms with Gasteiger partial charge in [0.15, 0.2) is 0 Å². The molecule has 1 aliphatic carbocycles. The van der Waals surface area contributed by atoms with Gasteiger partial charge in [-0.05, 0) is 74.1 Å². The SMILES string of the molecule is CC(C)(C)C1CCC(CNCCc2cccnc2)CC1. The fourth-order valence-corrected chi connectivity index (χ4v) is 3.32. The summed E-state index contributed by atoms with van der Waals surface area (Å²) < 4.78 is 0. The molecule has 20 heavy (non-hydrogen) atoms. The van der Waals surface area contributed by atoms with Crippen LogP contribution in [-0.2, 0) is 6.42 Å². The Morgan fingerprint density at radius 3 is 2.55 bits per heavy atom. The van der Waals surface area contributed by atoms with Crippen molar-refractivity contribution < 1.29 is 0 Å². The van der Waals surface area contributed by atoms with E-state index in [0.29, 0.717) is 5.41 Å². The second-order valence-corrected chi connectivity index (χ2v) is 7.40. The van der Waals surface area contributed by atoms with Crippen molar-refractivity contribution in [3.8, 4) is 0 Å². The van der Waals surface area contributed by atoms with E-state index in [9.17, 15) is 0 Å². The maximum absolute atomic E-state index is 4.16. The molecule has 0 aromatic carbocycles. The lowest BCUT2D eigenvalue weighted by Crippen LogP contribution is -2.31. The van der Waals surface area contributed by atoms with Crippen LogP contribution in [0.2, 0.25) is 0 Å². The molecule has 1 aromatic rings. The molecule has 112 valence electrons. The number of nitrogens with one attached hydrogen (secondary N) is 1. The third kappa shape index (κ3) is 4.90. The van der Waals surface area contributed by atoms with Crippen LogP contribution in [0.4, 0.5) is 0 Å². The highest BCUT2D eigenvalue weighted by molar-refractivity contribution is 5.08. The van der Waals surface area contributed by atoms with Gasteiger partial charge >= 0.3 is 0 Å². The van der Waals surface area contributed by atoms with Gasteiger partial charge in [0.1, 0.15) is 0 Å². The minimum atomic E-state index is 0.499. The molecule has 2 rings (SSSR count). The summed E-state index contributed by atoms with van der Waals surface area (Å²) >= 11 is 0. The lowest BCUT2D eigenvalue weighted by atomic mass is 9.70.